The van der Waals surface area contributed by atoms with E-state index < -0.39 is 6.09 Å². The molecule has 0 fully saturated rings. The third-order valence-corrected chi connectivity index (χ3v) is 4.01. The maximum Gasteiger partial charge on any atom is 0.430 e. The Morgan fingerprint density at radius 1 is 1.24 bits per heavy atom. The molecule has 21 heavy (non-hydrogen) atoms. The summed E-state index contributed by atoms with van der Waals surface area (Å²) in [6.07, 6.45) is -0.622. The second kappa shape index (κ2) is 6.94. The van der Waals surface area contributed by atoms with E-state index in [1.165, 1.54) is 3.93 Å². The van der Waals surface area contributed by atoms with Crippen molar-refractivity contribution >= 4 is 55.5 Å². The summed E-state index contributed by atoms with van der Waals surface area (Å²) in [6, 6.07) is 13.2. The Balaban J connectivity index is 2.13. The maximum absolute atomic E-state index is 12.0. The van der Waals surface area contributed by atoms with Crippen molar-refractivity contribution in [3.63, 3.8) is 0 Å². The van der Waals surface area contributed by atoms with Crippen LogP contribution in [-0.2, 0) is 0 Å². The van der Waals surface area contributed by atoms with E-state index in [4.69, 9.17) is 21.6 Å². The Kier molecular flexibility index (Phi) is 5.23. The Morgan fingerprint density at radius 3 is 2.48 bits per heavy atom. The number of nitrogens with zero attached hydrogens (tertiary/aromatic N) is 2. The van der Waals surface area contributed by atoms with Crippen molar-refractivity contribution < 1.29 is 9.53 Å². The zero-order chi connectivity index (χ0) is 15.4. The van der Waals surface area contributed by atoms with Crippen molar-refractivity contribution in [1.82, 2.24) is 0 Å². The van der Waals surface area contributed by atoms with Gasteiger partial charge in [0.2, 0.25) is 0 Å². The smallest absolute Gasteiger partial charge is 0.409 e. The van der Waals surface area contributed by atoms with Gasteiger partial charge in [-0.05, 0) is 58.4 Å². The molecular weight excluding hydrogens is 423 g/mol. The SMILES string of the molecule is N#Cc1ccc(OC(=O)N(Br)c2ccc(Cl)cc2Br)cc1. The third-order valence-electron chi connectivity index (χ3n) is 2.47. The highest BCUT2D eigenvalue weighted by Gasteiger charge is 2.18. The van der Waals surface area contributed by atoms with Gasteiger partial charge in [-0.2, -0.15) is 5.26 Å². The molecule has 0 radical (unpaired) electrons. The molecule has 0 aliphatic rings. The number of carbonyl (C=O) groups excluding carboxylic acids is 1. The Morgan fingerprint density at radius 2 is 1.90 bits per heavy atom. The van der Waals surface area contributed by atoms with Crippen LogP contribution in [0.4, 0.5) is 10.5 Å². The summed E-state index contributed by atoms with van der Waals surface area (Å²) in [7, 11) is 0. The van der Waals surface area contributed by atoms with Crippen molar-refractivity contribution in [3.05, 3.63) is 57.5 Å². The molecule has 0 spiro atoms. The van der Waals surface area contributed by atoms with Crippen molar-refractivity contribution in [3.8, 4) is 11.8 Å². The van der Waals surface area contributed by atoms with Crippen LogP contribution in [0.1, 0.15) is 5.56 Å². The van der Waals surface area contributed by atoms with Crippen LogP contribution in [0.25, 0.3) is 0 Å². The van der Waals surface area contributed by atoms with E-state index in [-0.39, 0.29) is 0 Å². The minimum atomic E-state index is -0.622. The van der Waals surface area contributed by atoms with Crippen LogP contribution in [0.5, 0.6) is 5.75 Å². The molecular formula is C14H7Br2ClN2O2. The van der Waals surface area contributed by atoms with E-state index in [9.17, 15) is 4.79 Å². The first-order valence-electron chi connectivity index (χ1n) is 5.64. The number of rotatable bonds is 2. The average Bonchev–Trinajstić information content (AvgIpc) is 2.47. The fourth-order valence-corrected chi connectivity index (χ4v) is 2.96. The first kappa shape index (κ1) is 15.8. The molecule has 2 rings (SSSR count). The molecule has 0 saturated carbocycles. The van der Waals surface area contributed by atoms with Crippen LogP contribution in [0.15, 0.2) is 46.9 Å². The molecule has 2 aromatic carbocycles. The van der Waals surface area contributed by atoms with E-state index in [1.54, 1.807) is 42.5 Å². The monoisotopic (exact) mass is 428 g/mol. The van der Waals surface area contributed by atoms with Gasteiger partial charge in [-0.15, -0.1) is 0 Å². The highest BCUT2D eigenvalue weighted by molar-refractivity contribution is 9.11. The van der Waals surface area contributed by atoms with Gasteiger partial charge in [0.25, 0.3) is 0 Å². The Hall–Kier alpha value is -1.55. The maximum atomic E-state index is 12.0. The molecule has 2 aromatic rings. The number of carbonyl (C=O) groups is 1. The van der Waals surface area contributed by atoms with Crippen LogP contribution >= 0.6 is 43.7 Å². The Bertz CT molecular complexity index is 714. The number of hydrogen-bond acceptors (Lipinski definition) is 3. The van der Waals surface area contributed by atoms with E-state index in [0.717, 1.165) is 0 Å². The topological polar surface area (TPSA) is 53.3 Å². The molecule has 0 heterocycles. The first-order chi connectivity index (χ1) is 10.0. The van der Waals surface area contributed by atoms with Gasteiger partial charge in [0, 0.05) is 9.50 Å². The summed E-state index contributed by atoms with van der Waals surface area (Å²) in [5.74, 6) is 0.341. The predicted molar refractivity (Wildman–Crippen MR) is 87.7 cm³/mol. The quantitative estimate of drug-likeness (QED) is 0.609. The lowest BCUT2D eigenvalue weighted by molar-refractivity contribution is 0.212. The summed E-state index contributed by atoms with van der Waals surface area (Å²) in [6.45, 7) is 0. The highest BCUT2D eigenvalue weighted by atomic mass is 79.9. The van der Waals surface area contributed by atoms with Crippen molar-refractivity contribution in [1.29, 1.82) is 5.26 Å². The molecule has 0 aliphatic carbocycles. The number of ether oxygens (including phenoxy) is 1. The molecule has 4 nitrogen and oxygen atoms in total. The van der Waals surface area contributed by atoms with Gasteiger partial charge in [-0.1, -0.05) is 11.6 Å². The van der Waals surface area contributed by atoms with Crippen molar-refractivity contribution in [2.75, 3.05) is 3.93 Å². The minimum absolute atomic E-state index is 0.341. The number of halogens is 3. The number of nitriles is 1. The van der Waals surface area contributed by atoms with Gasteiger partial charge < -0.3 is 4.74 Å². The van der Waals surface area contributed by atoms with Crippen LogP contribution < -0.4 is 8.66 Å². The normalized spacial score (nSPS) is 9.81. The fraction of sp³-hybridized carbons (Fsp3) is 0. The van der Waals surface area contributed by atoms with E-state index in [2.05, 4.69) is 32.1 Å². The fourth-order valence-electron chi connectivity index (χ4n) is 1.48. The predicted octanol–water partition coefficient (Wildman–Crippen LogP) is 5.29. The van der Waals surface area contributed by atoms with Crippen molar-refractivity contribution in [2.45, 2.75) is 0 Å². The zero-order valence-corrected chi connectivity index (χ0v) is 14.3. The lowest BCUT2D eigenvalue weighted by Crippen LogP contribution is -2.24. The lowest BCUT2D eigenvalue weighted by atomic mass is 10.2. The van der Waals surface area contributed by atoms with Gasteiger partial charge in [-0.25, -0.2) is 8.72 Å². The summed E-state index contributed by atoms with van der Waals surface area (Å²) in [5.41, 5.74) is 1.05. The van der Waals surface area contributed by atoms with Crippen molar-refractivity contribution in [2.24, 2.45) is 0 Å². The van der Waals surface area contributed by atoms with Gasteiger partial charge in [0.1, 0.15) is 5.75 Å². The standard InChI is InChI=1S/C14H7Br2ClN2O2/c15-12-7-10(17)3-6-13(12)19(16)14(20)21-11-4-1-9(8-18)2-5-11/h1-7H. The molecule has 0 bridgehead atoms. The second-order valence-corrected chi connectivity index (χ2v) is 5.88. The van der Waals surface area contributed by atoms with Crippen LogP contribution in [0, 0.1) is 11.3 Å². The van der Waals surface area contributed by atoms with Gasteiger partial charge in [0.05, 0.1) is 33.5 Å². The van der Waals surface area contributed by atoms with E-state index in [1.807, 2.05) is 6.07 Å². The minimum Gasteiger partial charge on any atom is -0.409 e. The number of amides is 1. The van der Waals surface area contributed by atoms with E-state index >= 15 is 0 Å². The first-order valence-corrected chi connectivity index (χ1v) is 7.52. The molecule has 1 amide bonds. The van der Waals surface area contributed by atoms with E-state index in [0.29, 0.717) is 26.5 Å². The number of anilines is 1. The molecule has 0 aliphatic heterocycles. The molecule has 0 N–H and O–H groups in total. The lowest BCUT2D eigenvalue weighted by Gasteiger charge is -2.16. The molecule has 106 valence electrons. The van der Waals surface area contributed by atoms with Crippen LogP contribution in [0.2, 0.25) is 5.02 Å². The third kappa shape index (κ3) is 3.97. The second-order valence-electron chi connectivity index (χ2n) is 3.88. The van der Waals surface area contributed by atoms with Crippen LogP contribution in [0.3, 0.4) is 0 Å². The number of hydrogen-bond donors (Lipinski definition) is 0. The number of benzene rings is 2. The van der Waals surface area contributed by atoms with Gasteiger partial charge >= 0.3 is 6.09 Å². The molecule has 0 unspecified atom stereocenters. The summed E-state index contributed by atoms with van der Waals surface area (Å²) in [4.78, 5) is 12.0. The molecule has 7 heteroatoms. The molecule has 0 saturated heterocycles. The zero-order valence-electron chi connectivity index (χ0n) is 10.4. The summed E-state index contributed by atoms with van der Waals surface area (Å²) >= 11 is 12.3. The molecule has 0 atom stereocenters. The summed E-state index contributed by atoms with van der Waals surface area (Å²) < 4.78 is 7.01. The van der Waals surface area contributed by atoms with Crippen LogP contribution in [-0.4, -0.2) is 6.09 Å². The summed E-state index contributed by atoms with van der Waals surface area (Å²) in [5, 5.41) is 9.26. The largest absolute Gasteiger partial charge is 0.430 e. The molecule has 0 aromatic heterocycles. The van der Waals surface area contributed by atoms with Gasteiger partial charge in [0.15, 0.2) is 0 Å². The van der Waals surface area contributed by atoms with Gasteiger partial charge in [-0.3, -0.25) is 0 Å². The average molecular weight is 430 g/mol. The highest BCUT2D eigenvalue weighted by Crippen LogP contribution is 2.31. The Labute approximate surface area is 143 Å².